The molecule has 0 fully saturated rings. The molecule has 66 valence electrons. The predicted molar refractivity (Wildman–Crippen MR) is 34.6 cm³/mol. The average Bonchev–Trinajstić information content (AvgIpc) is 1.56. The Morgan fingerprint density at radius 3 is 1.36 bits per heavy atom. The van der Waals surface area contributed by atoms with Crippen LogP contribution in [0.2, 0.25) is 0 Å². The monoisotopic (exact) mass is 206 g/mol. The van der Waals surface area contributed by atoms with Crippen molar-refractivity contribution >= 4 is 16.5 Å². The number of hydrogen-bond donors (Lipinski definition) is 4. The van der Waals surface area contributed by atoms with Gasteiger partial charge in [0.15, 0.2) is 4.31 Å². The van der Waals surface area contributed by atoms with Crippen LogP contribution in [0.3, 0.4) is 0 Å². The van der Waals surface area contributed by atoms with Crippen molar-refractivity contribution in [3.63, 3.8) is 0 Å². The largest absolute Gasteiger partial charge is 0.745 e. The topological polar surface area (TPSA) is 124 Å². The zero-order chi connectivity index (χ0) is 9.44. The first-order valence-corrected chi connectivity index (χ1v) is 4.48. The highest BCUT2D eigenvalue weighted by molar-refractivity contribution is 7.46. The van der Waals surface area contributed by atoms with Crippen LogP contribution in [0.5, 0.6) is 0 Å². The molecule has 7 nitrogen and oxygen atoms in total. The van der Waals surface area contributed by atoms with E-state index in [4.69, 9.17) is 20.0 Å². The SMILES string of the molecule is CC(O)O.O=[P+](O)O[P+](=O)O. The van der Waals surface area contributed by atoms with Crippen LogP contribution in [-0.2, 0) is 13.4 Å². The van der Waals surface area contributed by atoms with Gasteiger partial charge in [0.05, 0.1) is 0 Å². The zero-order valence-electron chi connectivity index (χ0n) is 5.49. The summed E-state index contributed by atoms with van der Waals surface area (Å²) in [4.78, 5) is 15.3. The van der Waals surface area contributed by atoms with Gasteiger partial charge in [-0.1, -0.05) is 0 Å². The number of aliphatic hydroxyl groups excluding tert-OH is 1. The van der Waals surface area contributed by atoms with E-state index in [1.807, 2.05) is 0 Å². The molecule has 0 spiro atoms. The maximum absolute atomic E-state index is 9.39. The second-order valence-electron chi connectivity index (χ2n) is 1.19. The molecule has 2 unspecified atom stereocenters. The Balaban J connectivity index is 0. The Hall–Kier alpha value is -0.0000000000000000763. The highest BCUT2D eigenvalue weighted by Crippen LogP contribution is 2.30. The van der Waals surface area contributed by atoms with Crippen molar-refractivity contribution < 1.29 is 33.4 Å². The Bertz CT molecular complexity index is 118. The molecule has 0 aromatic heterocycles. The summed E-state index contributed by atoms with van der Waals surface area (Å²) in [5, 5.41) is 15.2. The van der Waals surface area contributed by atoms with Crippen molar-refractivity contribution in [1.29, 1.82) is 0 Å². The highest BCUT2D eigenvalue weighted by Gasteiger charge is 2.31. The van der Waals surface area contributed by atoms with Gasteiger partial charge in [-0.05, 0) is 6.92 Å². The second-order valence-corrected chi connectivity index (χ2v) is 2.79. The van der Waals surface area contributed by atoms with E-state index in [9.17, 15) is 9.13 Å². The molecule has 0 rings (SSSR count). The molecule has 0 aromatic carbocycles. The molecule has 2 atom stereocenters. The van der Waals surface area contributed by atoms with Gasteiger partial charge < -0.3 is 10.2 Å². The lowest BCUT2D eigenvalue weighted by Crippen LogP contribution is -1.92. The van der Waals surface area contributed by atoms with Gasteiger partial charge in [0, 0.05) is 9.13 Å². The fraction of sp³-hybridized carbons (Fsp3) is 1.00. The van der Waals surface area contributed by atoms with Gasteiger partial charge in [-0.3, -0.25) is 0 Å². The lowest BCUT2D eigenvalue weighted by atomic mass is 10.8. The van der Waals surface area contributed by atoms with Gasteiger partial charge in [-0.25, -0.2) is 0 Å². The third-order valence-electron chi connectivity index (χ3n) is 0.140. The first kappa shape index (κ1) is 13.6. The van der Waals surface area contributed by atoms with E-state index in [0.717, 1.165) is 0 Å². The van der Waals surface area contributed by atoms with E-state index in [1.165, 1.54) is 6.92 Å². The van der Waals surface area contributed by atoms with Crippen LogP contribution >= 0.6 is 16.5 Å². The third kappa shape index (κ3) is 40.0. The molecule has 0 radical (unpaired) electrons. The van der Waals surface area contributed by atoms with Crippen molar-refractivity contribution in [2.24, 2.45) is 0 Å². The molecule has 0 aliphatic heterocycles. The normalized spacial score (nSPS) is 11.8. The van der Waals surface area contributed by atoms with E-state index in [2.05, 4.69) is 4.31 Å². The van der Waals surface area contributed by atoms with Crippen LogP contribution < -0.4 is 0 Å². The van der Waals surface area contributed by atoms with Crippen molar-refractivity contribution in [3.05, 3.63) is 0 Å². The summed E-state index contributed by atoms with van der Waals surface area (Å²) in [5.74, 6) is 0. The molecular formula is C2H8O7P2+2. The standard InChI is InChI=1S/C2H6O2.O5P2/c1-2(3)4;1-6(2)5-7(3)4/h2-4H,1H3;/p+2. The fourth-order valence-corrected chi connectivity index (χ4v) is 0.538. The van der Waals surface area contributed by atoms with Gasteiger partial charge in [0.2, 0.25) is 0 Å². The minimum Gasteiger partial charge on any atom is -0.368 e. The summed E-state index contributed by atoms with van der Waals surface area (Å²) in [6, 6.07) is 0. The molecule has 9 heteroatoms. The predicted octanol–water partition coefficient (Wildman–Crippen LogP) is -0.381. The maximum atomic E-state index is 9.39. The lowest BCUT2D eigenvalue weighted by Gasteiger charge is -1.80. The first-order chi connectivity index (χ1) is 4.86. The van der Waals surface area contributed by atoms with E-state index in [-0.39, 0.29) is 0 Å². The third-order valence-corrected chi connectivity index (χ3v) is 1.26. The molecule has 0 aliphatic rings. The summed E-state index contributed by atoms with van der Waals surface area (Å²) >= 11 is 0. The molecule has 0 aromatic rings. The Labute approximate surface area is 64.2 Å². The summed E-state index contributed by atoms with van der Waals surface area (Å²) in [6.07, 6.45) is -1.17. The lowest BCUT2D eigenvalue weighted by molar-refractivity contribution is -0.0228. The van der Waals surface area contributed by atoms with Gasteiger partial charge in [0.1, 0.15) is 6.29 Å². The minimum atomic E-state index is -2.92. The molecule has 0 aliphatic carbocycles. The van der Waals surface area contributed by atoms with Gasteiger partial charge in [-0.2, -0.15) is 0 Å². The van der Waals surface area contributed by atoms with Gasteiger partial charge >= 0.3 is 16.5 Å². The average molecular weight is 206 g/mol. The van der Waals surface area contributed by atoms with E-state index >= 15 is 0 Å². The van der Waals surface area contributed by atoms with Crippen molar-refractivity contribution in [2.75, 3.05) is 0 Å². The first-order valence-electron chi connectivity index (χ1n) is 2.22. The van der Waals surface area contributed by atoms with Crippen LogP contribution in [0.15, 0.2) is 0 Å². The summed E-state index contributed by atoms with van der Waals surface area (Å²) in [5.41, 5.74) is 0. The Morgan fingerprint density at radius 1 is 1.18 bits per heavy atom. The van der Waals surface area contributed by atoms with Crippen LogP contribution in [0.4, 0.5) is 0 Å². The quantitative estimate of drug-likeness (QED) is 0.358. The maximum Gasteiger partial charge on any atom is 0.745 e. The van der Waals surface area contributed by atoms with Crippen LogP contribution in [0, 0.1) is 0 Å². The highest BCUT2D eigenvalue weighted by atomic mass is 31.2. The molecule has 0 bridgehead atoms. The van der Waals surface area contributed by atoms with Gasteiger partial charge in [-0.15, -0.1) is 9.79 Å². The fourth-order valence-electron chi connectivity index (χ4n) is 0.0598. The molecule has 11 heavy (non-hydrogen) atoms. The smallest absolute Gasteiger partial charge is 0.368 e. The van der Waals surface area contributed by atoms with Crippen molar-refractivity contribution in [3.8, 4) is 0 Å². The summed E-state index contributed by atoms with van der Waals surface area (Å²) in [7, 11) is -5.85. The minimum absolute atomic E-state index is 1.17. The number of rotatable bonds is 2. The molecular weight excluding hydrogens is 198 g/mol. The van der Waals surface area contributed by atoms with Gasteiger partial charge in [0.25, 0.3) is 0 Å². The number of aliphatic hydroxyl groups is 2. The molecule has 0 heterocycles. The molecule has 0 amide bonds. The van der Waals surface area contributed by atoms with Crippen LogP contribution in [0.1, 0.15) is 6.92 Å². The van der Waals surface area contributed by atoms with Crippen LogP contribution in [0.25, 0.3) is 0 Å². The van der Waals surface area contributed by atoms with E-state index in [1.54, 1.807) is 0 Å². The zero-order valence-corrected chi connectivity index (χ0v) is 7.27. The molecule has 4 N–H and O–H groups in total. The summed E-state index contributed by atoms with van der Waals surface area (Å²) < 4.78 is 22.2. The molecule has 0 saturated heterocycles. The Kier molecular flexibility index (Phi) is 10.0. The van der Waals surface area contributed by atoms with Crippen molar-refractivity contribution in [1.82, 2.24) is 0 Å². The van der Waals surface area contributed by atoms with E-state index < -0.39 is 22.8 Å². The molecule has 0 saturated carbocycles. The summed E-state index contributed by atoms with van der Waals surface area (Å²) in [6.45, 7) is 1.28. The number of hydrogen-bond acceptors (Lipinski definition) is 5. The Morgan fingerprint density at radius 2 is 1.36 bits per heavy atom. The van der Waals surface area contributed by atoms with E-state index in [0.29, 0.717) is 0 Å². The second kappa shape index (κ2) is 8.10. The van der Waals surface area contributed by atoms with Crippen molar-refractivity contribution in [2.45, 2.75) is 13.2 Å². The van der Waals surface area contributed by atoms with Crippen LogP contribution in [-0.4, -0.2) is 26.3 Å².